The number of nitrogens with one attached hydrogen (secondary N) is 1. The Hall–Kier alpha value is -3.58. The summed E-state index contributed by atoms with van der Waals surface area (Å²) >= 11 is 0. The van der Waals surface area contributed by atoms with Gasteiger partial charge in [-0.3, -0.25) is 9.10 Å². The Bertz CT molecular complexity index is 1280. The van der Waals surface area contributed by atoms with Gasteiger partial charge < -0.3 is 10.1 Å². The van der Waals surface area contributed by atoms with Crippen molar-refractivity contribution in [1.29, 1.82) is 0 Å². The van der Waals surface area contributed by atoms with Crippen LogP contribution in [0.3, 0.4) is 0 Å². The molecule has 7 heteroatoms. The molecular weight excluding hydrogens is 424 g/mol. The van der Waals surface area contributed by atoms with Crippen molar-refractivity contribution in [2.45, 2.75) is 13.5 Å². The molecule has 0 unspecified atom stereocenters. The summed E-state index contributed by atoms with van der Waals surface area (Å²) in [6, 6.07) is 23.7. The Balaban J connectivity index is 1.78. The number of carbonyl (C=O) groups excluding carboxylic acids is 1. The Labute approximate surface area is 188 Å². The van der Waals surface area contributed by atoms with E-state index in [1.54, 1.807) is 12.1 Å². The third kappa shape index (κ3) is 3.99. The molecule has 3 aromatic rings. The fourth-order valence-electron chi connectivity index (χ4n) is 3.77. The molecule has 1 N–H and O–H groups in total. The number of hydrogen-bond donors (Lipinski definition) is 1. The molecule has 1 heterocycles. The van der Waals surface area contributed by atoms with Gasteiger partial charge in [-0.25, -0.2) is 8.42 Å². The zero-order valence-corrected chi connectivity index (χ0v) is 18.7. The van der Waals surface area contributed by atoms with Crippen molar-refractivity contribution in [1.82, 2.24) is 5.32 Å². The van der Waals surface area contributed by atoms with E-state index in [0.29, 0.717) is 34.7 Å². The van der Waals surface area contributed by atoms with Gasteiger partial charge in [0.05, 0.1) is 12.3 Å². The van der Waals surface area contributed by atoms with E-state index in [-0.39, 0.29) is 11.4 Å². The molecule has 0 aromatic heterocycles. The lowest BCUT2D eigenvalue weighted by atomic mass is 9.95. The molecule has 0 saturated carbocycles. The summed E-state index contributed by atoms with van der Waals surface area (Å²) in [5.74, 6) is 0.0504. The van der Waals surface area contributed by atoms with Gasteiger partial charge >= 0.3 is 0 Å². The SMILES string of the molecule is CCOc1cccc(CNC(=O)C2=C(c3ccccc3)c3ccccc3N(C)S2(=O)=O)c1. The smallest absolute Gasteiger partial charge is 0.270 e. The number of sulfonamides is 1. The molecule has 0 saturated heterocycles. The lowest BCUT2D eigenvalue weighted by molar-refractivity contribution is -0.117. The van der Waals surface area contributed by atoms with Gasteiger partial charge in [0.1, 0.15) is 5.75 Å². The zero-order valence-electron chi connectivity index (χ0n) is 17.9. The van der Waals surface area contributed by atoms with Crippen molar-refractivity contribution in [2.24, 2.45) is 0 Å². The molecule has 164 valence electrons. The second-order valence-corrected chi connectivity index (χ2v) is 9.23. The maximum atomic E-state index is 13.4. The molecule has 32 heavy (non-hydrogen) atoms. The second-order valence-electron chi connectivity index (χ2n) is 7.32. The average Bonchev–Trinajstić information content (AvgIpc) is 2.81. The summed E-state index contributed by atoms with van der Waals surface area (Å²) < 4.78 is 33.5. The van der Waals surface area contributed by atoms with Gasteiger partial charge in [-0.2, -0.15) is 0 Å². The summed E-state index contributed by atoms with van der Waals surface area (Å²) in [5.41, 5.74) is 3.11. The molecule has 0 atom stereocenters. The molecule has 0 spiro atoms. The monoisotopic (exact) mass is 448 g/mol. The number of rotatable bonds is 6. The number of fused-ring (bicyclic) bond motifs is 1. The van der Waals surface area contributed by atoms with E-state index in [1.807, 2.05) is 73.7 Å². The Morgan fingerprint density at radius 3 is 2.44 bits per heavy atom. The molecule has 4 rings (SSSR count). The largest absolute Gasteiger partial charge is 0.494 e. The van der Waals surface area contributed by atoms with Crippen LogP contribution in [0.2, 0.25) is 0 Å². The predicted octanol–water partition coefficient (Wildman–Crippen LogP) is 3.94. The minimum absolute atomic E-state index is 0.173. The van der Waals surface area contributed by atoms with Gasteiger partial charge in [-0.05, 0) is 36.2 Å². The third-order valence-corrected chi connectivity index (χ3v) is 7.11. The van der Waals surface area contributed by atoms with Gasteiger partial charge in [0.25, 0.3) is 15.9 Å². The van der Waals surface area contributed by atoms with E-state index < -0.39 is 15.9 Å². The molecule has 3 aromatic carbocycles. The van der Waals surface area contributed by atoms with Gasteiger partial charge in [-0.15, -0.1) is 0 Å². The highest BCUT2D eigenvalue weighted by Gasteiger charge is 2.39. The van der Waals surface area contributed by atoms with E-state index in [1.165, 1.54) is 11.4 Å². The van der Waals surface area contributed by atoms with E-state index in [0.717, 1.165) is 5.56 Å². The van der Waals surface area contributed by atoms with Crippen LogP contribution in [0.5, 0.6) is 5.75 Å². The summed E-state index contributed by atoms with van der Waals surface area (Å²) in [4.78, 5) is 13.1. The number of carbonyl (C=O) groups is 1. The first-order valence-corrected chi connectivity index (χ1v) is 11.8. The molecule has 1 amide bonds. The Morgan fingerprint density at radius 2 is 1.69 bits per heavy atom. The molecule has 6 nitrogen and oxygen atoms in total. The number of anilines is 1. The van der Waals surface area contributed by atoms with E-state index >= 15 is 0 Å². The van der Waals surface area contributed by atoms with Crippen molar-refractivity contribution in [2.75, 3.05) is 18.0 Å². The van der Waals surface area contributed by atoms with E-state index in [9.17, 15) is 13.2 Å². The molecule has 0 radical (unpaired) electrons. The maximum absolute atomic E-state index is 13.4. The quantitative estimate of drug-likeness (QED) is 0.620. The molecular formula is C25H24N2O4S. The first-order valence-electron chi connectivity index (χ1n) is 10.3. The highest BCUT2D eigenvalue weighted by Crippen LogP contribution is 2.41. The average molecular weight is 449 g/mol. The van der Waals surface area contributed by atoms with Crippen molar-refractivity contribution >= 4 is 27.2 Å². The molecule has 1 aliphatic heterocycles. The predicted molar refractivity (Wildman–Crippen MR) is 126 cm³/mol. The van der Waals surface area contributed by atoms with Crippen molar-refractivity contribution in [3.05, 3.63) is 100 Å². The number of ether oxygens (including phenoxy) is 1. The van der Waals surface area contributed by atoms with Crippen LogP contribution in [0.25, 0.3) is 5.57 Å². The van der Waals surface area contributed by atoms with Gasteiger partial charge in [0.2, 0.25) is 0 Å². The van der Waals surface area contributed by atoms with E-state index in [2.05, 4.69) is 5.32 Å². The highest BCUT2D eigenvalue weighted by molar-refractivity contribution is 7.97. The van der Waals surface area contributed by atoms with Crippen LogP contribution in [0, 0.1) is 0 Å². The van der Waals surface area contributed by atoms with Crippen LogP contribution < -0.4 is 14.4 Å². The highest BCUT2D eigenvalue weighted by atomic mass is 32.2. The van der Waals surface area contributed by atoms with Gasteiger partial charge in [0.15, 0.2) is 4.91 Å². The van der Waals surface area contributed by atoms with Crippen molar-refractivity contribution in [3.63, 3.8) is 0 Å². The minimum Gasteiger partial charge on any atom is -0.494 e. The fraction of sp³-hybridized carbons (Fsp3) is 0.160. The van der Waals surface area contributed by atoms with Gasteiger partial charge in [0, 0.05) is 24.7 Å². The van der Waals surface area contributed by atoms with E-state index in [4.69, 9.17) is 4.74 Å². The lowest BCUT2D eigenvalue weighted by Gasteiger charge is -2.30. The fourth-order valence-corrected chi connectivity index (χ4v) is 5.26. The topological polar surface area (TPSA) is 75.7 Å². The number of hydrogen-bond acceptors (Lipinski definition) is 4. The lowest BCUT2D eigenvalue weighted by Crippen LogP contribution is -2.39. The third-order valence-electron chi connectivity index (χ3n) is 5.29. The van der Waals surface area contributed by atoms with Crippen LogP contribution in [-0.2, 0) is 21.4 Å². The van der Waals surface area contributed by atoms with Crippen LogP contribution >= 0.6 is 0 Å². The second kappa shape index (κ2) is 8.88. The normalized spacial score (nSPS) is 14.6. The standard InChI is InChI=1S/C25H24N2O4S/c1-3-31-20-13-9-10-18(16-20)17-26-25(28)24-23(19-11-5-4-6-12-19)21-14-7-8-15-22(21)27(2)32(24,29)30/h4-16H,3,17H2,1-2H3,(H,26,28). The number of nitrogens with zero attached hydrogens (tertiary/aromatic N) is 1. The summed E-state index contributed by atoms with van der Waals surface area (Å²) in [6.45, 7) is 2.60. The Morgan fingerprint density at radius 1 is 0.969 bits per heavy atom. The van der Waals surface area contributed by atoms with Crippen LogP contribution in [0.4, 0.5) is 5.69 Å². The van der Waals surface area contributed by atoms with Gasteiger partial charge in [-0.1, -0.05) is 60.7 Å². The van der Waals surface area contributed by atoms with Crippen molar-refractivity contribution < 1.29 is 17.9 Å². The molecule has 1 aliphatic rings. The van der Waals surface area contributed by atoms with Crippen molar-refractivity contribution in [3.8, 4) is 5.75 Å². The minimum atomic E-state index is -4.06. The number of amides is 1. The number of benzene rings is 3. The first-order chi connectivity index (χ1) is 15.4. The molecule has 0 aliphatic carbocycles. The molecule has 0 bridgehead atoms. The summed E-state index contributed by atoms with van der Waals surface area (Å²) in [5, 5.41) is 2.79. The maximum Gasteiger partial charge on any atom is 0.270 e. The van der Waals surface area contributed by atoms with Crippen LogP contribution in [0.15, 0.2) is 83.8 Å². The zero-order chi connectivity index (χ0) is 22.7. The number of para-hydroxylation sites is 1. The summed E-state index contributed by atoms with van der Waals surface area (Å²) in [7, 11) is -2.59. The Kier molecular flexibility index (Phi) is 6.01. The first kappa shape index (κ1) is 21.6. The summed E-state index contributed by atoms with van der Waals surface area (Å²) in [6.07, 6.45) is 0. The van der Waals surface area contributed by atoms with Crippen LogP contribution in [-0.4, -0.2) is 28.0 Å². The molecule has 0 fully saturated rings. The van der Waals surface area contributed by atoms with Crippen LogP contribution in [0.1, 0.15) is 23.6 Å².